The molecular formula is C23H28BrN3O3. The molecule has 2 heterocycles. The smallest absolute Gasteiger partial charge is 0.225 e. The first-order valence-corrected chi connectivity index (χ1v) is 11.3. The summed E-state index contributed by atoms with van der Waals surface area (Å²) in [6.45, 7) is 6.43. The molecule has 2 aliphatic heterocycles. The van der Waals surface area contributed by atoms with Crippen molar-refractivity contribution >= 4 is 33.2 Å². The van der Waals surface area contributed by atoms with Gasteiger partial charge in [0, 0.05) is 55.0 Å². The van der Waals surface area contributed by atoms with Crippen molar-refractivity contribution in [3.8, 4) is 0 Å². The highest BCUT2D eigenvalue weighted by Crippen LogP contribution is 2.24. The Bertz CT molecular complexity index is 823. The second-order valence-corrected chi connectivity index (χ2v) is 8.57. The summed E-state index contributed by atoms with van der Waals surface area (Å²) in [5, 5.41) is 3.02. The molecule has 4 rings (SSSR count). The van der Waals surface area contributed by atoms with E-state index in [9.17, 15) is 4.79 Å². The van der Waals surface area contributed by atoms with E-state index < -0.39 is 0 Å². The summed E-state index contributed by atoms with van der Waals surface area (Å²) in [7, 11) is 0. The molecular weight excluding hydrogens is 446 g/mol. The summed E-state index contributed by atoms with van der Waals surface area (Å²) >= 11 is 3.47. The van der Waals surface area contributed by atoms with Crippen LogP contribution in [0.25, 0.3) is 0 Å². The van der Waals surface area contributed by atoms with Gasteiger partial charge in [0.2, 0.25) is 5.91 Å². The summed E-state index contributed by atoms with van der Waals surface area (Å²) in [4.78, 5) is 17.0. The summed E-state index contributed by atoms with van der Waals surface area (Å²) < 4.78 is 12.4. The van der Waals surface area contributed by atoms with E-state index in [-0.39, 0.29) is 12.0 Å². The van der Waals surface area contributed by atoms with Crippen LogP contribution in [0, 0.1) is 0 Å². The van der Waals surface area contributed by atoms with Gasteiger partial charge in [0.25, 0.3) is 0 Å². The molecule has 2 fully saturated rings. The molecule has 0 saturated carbocycles. The molecule has 160 valence electrons. The predicted octanol–water partition coefficient (Wildman–Crippen LogP) is 3.69. The van der Waals surface area contributed by atoms with Crippen LogP contribution in [0.2, 0.25) is 0 Å². The van der Waals surface area contributed by atoms with Crippen LogP contribution >= 0.6 is 15.9 Å². The Hall–Kier alpha value is -1.93. The minimum absolute atomic E-state index is 0.0424. The van der Waals surface area contributed by atoms with Crippen molar-refractivity contribution in [2.45, 2.75) is 12.5 Å². The van der Waals surface area contributed by atoms with Crippen molar-refractivity contribution in [3.05, 3.63) is 58.6 Å². The number of nitrogens with one attached hydrogen (secondary N) is 1. The summed E-state index contributed by atoms with van der Waals surface area (Å²) in [6.07, 6.45) is 0.529. The maximum absolute atomic E-state index is 12.4. The number of rotatable bonds is 6. The maximum atomic E-state index is 12.4. The molecule has 0 aliphatic carbocycles. The van der Waals surface area contributed by atoms with Crippen LogP contribution in [-0.4, -0.2) is 63.4 Å². The van der Waals surface area contributed by atoms with Gasteiger partial charge in [-0.1, -0.05) is 28.1 Å². The first-order chi connectivity index (χ1) is 14.7. The molecule has 2 saturated heterocycles. The molecule has 1 unspecified atom stereocenters. The highest BCUT2D eigenvalue weighted by Gasteiger charge is 2.22. The fourth-order valence-corrected chi connectivity index (χ4v) is 4.11. The summed E-state index contributed by atoms with van der Waals surface area (Å²) in [5.41, 5.74) is 3.18. The van der Waals surface area contributed by atoms with Crippen molar-refractivity contribution in [1.82, 2.24) is 4.90 Å². The normalized spacial score (nSPS) is 20.2. The zero-order chi connectivity index (χ0) is 20.8. The molecule has 1 N–H and O–H groups in total. The van der Waals surface area contributed by atoms with Crippen molar-refractivity contribution in [3.63, 3.8) is 0 Å². The van der Waals surface area contributed by atoms with E-state index in [1.807, 2.05) is 24.3 Å². The minimum atomic E-state index is 0.0424. The molecule has 6 nitrogen and oxygen atoms in total. The quantitative estimate of drug-likeness (QED) is 0.693. The predicted molar refractivity (Wildman–Crippen MR) is 122 cm³/mol. The number of anilines is 2. The van der Waals surface area contributed by atoms with Gasteiger partial charge in [0.1, 0.15) is 0 Å². The fraction of sp³-hybridized carbons (Fsp3) is 0.435. The molecule has 2 aromatic carbocycles. The number of carbonyl (C=O) groups is 1. The number of ether oxygens (including phenoxy) is 2. The number of amides is 1. The topological polar surface area (TPSA) is 54.0 Å². The van der Waals surface area contributed by atoms with Crippen LogP contribution in [0.1, 0.15) is 18.1 Å². The highest BCUT2D eigenvalue weighted by molar-refractivity contribution is 9.10. The molecule has 0 spiro atoms. The maximum Gasteiger partial charge on any atom is 0.225 e. The SMILES string of the molecule is O=C(CCN1CCOC(c2ccc(Br)cc2)C1)Nc1ccc(N2CCOCC2)cc1. The second kappa shape index (κ2) is 10.4. The molecule has 0 radical (unpaired) electrons. The number of hydrogen-bond acceptors (Lipinski definition) is 5. The molecule has 0 bridgehead atoms. The molecule has 0 aromatic heterocycles. The van der Waals surface area contributed by atoms with Gasteiger partial charge in [-0.15, -0.1) is 0 Å². The fourth-order valence-electron chi connectivity index (χ4n) is 3.84. The molecule has 1 amide bonds. The largest absolute Gasteiger partial charge is 0.378 e. The lowest BCUT2D eigenvalue weighted by molar-refractivity contribution is -0.117. The van der Waals surface area contributed by atoms with Crippen LogP contribution < -0.4 is 10.2 Å². The lowest BCUT2D eigenvalue weighted by Gasteiger charge is -2.33. The van der Waals surface area contributed by atoms with E-state index in [0.717, 1.165) is 56.1 Å². The Kier molecular flexibility index (Phi) is 7.38. The van der Waals surface area contributed by atoms with E-state index >= 15 is 0 Å². The van der Waals surface area contributed by atoms with Crippen LogP contribution in [0.3, 0.4) is 0 Å². The van der Waals surface area contributed by atoms with Crippen LogP contribution in [-0.2, 0) is 14.3 Å². The number of morpholine rings is 2. The monoisotopic (exact) mass is 473 g/mol. The molecule has 2 aliphatic rings. The summed E-state index contributed by atoms with van der Waals surface area (Å²) in [6, 6.07) is 16.3. The van der Waals surface area contributed by atoms with E-state index in [2.05, 4.69) is 55.3 Å². The van der Waals surface area contributed by atoms with E-state index in [0.29, 0.717) is 13.0 Å². The third kappa shape index (κ3) is 5.82. The van der Waals surface area contributed by atoms with Crippen molar-refractivity contribution in [1.29, 1.82) is 0 Å². The third-order valence-corrected chi connectivity index (χ3v) is 6.10. The lowest BCUT2D eigenvalue weighted by atomic mass is 10.1. The van der Waals surface area contributed by atoms with Gasteiger partial charge in [0.05, 0.1) is 25.9 Å². The minimum Gasteiger partial charge on any atom is -0.378 e. The Morgan fingerprint density at radius 2 is 1.73 bits per heavy atom. The van der Waals surface area contributed by atoms with E-state index in [4.69, 9.17) is 9.47 Å². The number of nitrogens with zero attached hydrogens (tertiary/aromatic N) is 2. The lowest BCUT2D eigenvalue weighted by Crippen LogP contribution is -2.39. The third-order valence-electron chi connectivity index (χ3n) is 5.57. The Balaban J connectivity index is 1.23. The van der Waals surface area contributed by atoms with Crippen LogP contribution in [0.5, 0.6) is 0 Å². The number of carbonyl (C=O) groups excluding carboxylic acids is 1. The molecule has 30 heavy (non-hydrogen) atoms. The Morgan fingerprint density at radius 3 is 2.47 bits per heavy atom. The van der Waals surface area contributed by atoms with Crippen molar-refractivity contribution < 1.29 is 14.3 Å². The Morgan fingerprint density at radius 1 is 1.00 bits per heavy atom. The average Bonchev–Trinajstić information content (AvgIpc) is 2.79. The summed E-state index contributed by atoms with van der Waals surface area (Å²) in [5.74, 6) is 0.0424. The number of hydrogen-bond donors (Lipinski definition) is 1. The number of benzene rings is 2. The van der Waals surface area contributed by atoms with E-state index in [1.165, 1.54) is 11.3 Å². The average molecular weight is 474 g/mol. The first kappa shape index (κ1) is 21.3. The molecule has 7 heteroatoms. The standard InChI is InChI=1S/C23H28BrN3O3/c24-19-3-1-18(2-4-19)22-17-26(11-16-30-22)10-9-23(28)25-20-5-7-21(8-6-20)27-12-14-29-15-13-27/h1-8,22H,9-17H2,(H,25,28). The van der Waals surface area contributed by atoms with Crippen LogP contribution in [0.4, 0.5) is 11.4 Å². The van der Waals surface area contributed by atoms with Crippen molar-refractivity contribution in [2.75, 3.05) is 62.8 Å². The number of halogens is 1. The van der Waals surface area contributed by atoms with Gasteiger partial charge in [-0.25, -0.2) is 0 Å². The van der Waals surface area contributed by atoms with Gasteiger partial charge in [-0.2, -0.15) is 0 Å². The van der Waals surface area contributed by atoms with Gasteiger partial charge in [-0.3, -0.25) is 9.69 Å². The van der Waals surface area contributed by atoms with Gasteiger partial charge in [0.15, 0.2) is 0 Å². The van der Waals surface area contributed by atoms with Crippen molar-refractivity contribution in [2.24, 2.45) is 0 Å². The second-order valence-electron chi connectivity index (χ2n) is 7.66. The first-order valence-electron chi connectivity index (χ1n) is 10.5. The van der Waals surface area contributed by atoms with Gasteiger partial charge >= 0.3 is 0 Å². The zero-order valence-electron chi connectivity index (χ0n) is 17.1. The van der Waals surface area contributed by atoms with E-state index in [1.54, 1.807) is 0 Å². The Labute approximate surface area is 186 Å². The van der Waals surface area contributed by atoms with Gasteiger partial charge in [-0.05, 0) is 42.0 Å². The highest BCUT2D eigenvalue weighted by atomic mass is 79.9. The zero-order valence-corrected chi connectivity index (χ0v) is 18.6. The molecule has 2 aromatic rings. The van der Waals surface area contributed by atoms with Crippen LogP contribution in [0.15, 0.2) is 53.0 Å². The molecule has 1 atom stereocenters. The van der Waals surface area contributed by atoms with Gasteiger partial charge < -0.3 is 19.7 Å².